The number of pyridine rings is 1. The number of rotatable bonds is 11. The molecule has 11 nitrogen and oxygen atoms in total. The van der Waals surface area contributed by atoms with E-state index in [0.717, 1.165) is 10.8 Å². The summed E-state index contributed by atoms with van der Waals surface area (Å²) in [7, 11) is -0.528. The first-order valence-electron chi connectivity index (χ1n) is 14.3. The summed E-state index contributed by atoms with van der Waals surface area (Å²) in [6, 6.07) is 15.6. The Morgan fingerprint density at radius 2 is 1.76 bits per heavy atom. The minimum Gasteiger partial charge on any atom is -0.492 e. The third kappa shape index (κ3) is 7.76. The molecule has 0 bridgehead atoms. The molecule has 1 heterocycles. The zero-order chi connectivity index (χ0) is 32.9. The van der Waals surface area contributed by atoms with E-state index in [2.05, 4.69) is 20.9 Å². The van der Waals surface area contributed by atoms with Gasteiger partial charge in [-0.05, 0) is 91.9 Å². The second-order valence-electron chi connectivity index (χ2n) is 10.8. The van der Waals surface area contributed by atoms with Crippen molar-refractivity contribution in [1.82, 2.24) is 15.2 Å². The van der Waals surface area contributed by atoms with Gasteiger partial charge >= 0.3 is 6.03 Å². The molecule has 1 atom stereocenters. The molecule has 1 aromatic heterocycles. The number of hydrogen-bond acceptors (Lipinski definition) is 8. The van der Waals surface area contributed by atoms with Crippen molar-refractivity contribution in [2.24, 2.45) is 0 Å². The summed E-state index contributed by atoms with van der Waals surface area (Å²) in [5.74, 6) is 0.372. The Labute approximate surface area is 268 Å². The van der Waals surface area contributed by atoms with E-state index in [0.29, 0.717) is 45.7 Å². The third-order valence-corrected chi connectivity index (χ3v) is 9.62. The van der Waals surface area contributed by atoms with Gasteiger partial charge in [0.05, 0.1) is 21.8 Å². The summed E-state index contributed by atoms with van der Waals surface area (Å²) in [6.45, 7) is 5.25. The van der Waals surface area contributed by atoms with Crippen molar-refractivity contribution in [3.63, 3.8) is 0 Å². The van der Waals surface area contributed by atoms with E-state index in [1.54, 1.807) is 64.5 Å². The van der Waals surface area contributed by atoms with Gasteiger partial charge in [-0.15, -0.1) is 0 Å². The molecule has 0 radical (unpaired) electrons. The Balaban J connectivity index is 1.71. The molecule has 1 unspecified atom stereocenters. The largest absolute Gasteiger partial charge is 0.492 e. The van der Waals surface area contributed by atoms with Gasteiger partial charge in [-0.2, -0.15) is 0 Å². The quantitative estimate of drug-likeness (QED) is 0.163. The molecule has 5 N–H and O–H groups in total. The lowest BCUT2D eigenvalue weighted by atomic mass is 10.0. The Morgan fingerprint density at radius 1 is 1.02 bits per heavy atom. The summed E-state index contributed by atoms with van der Waals surface area (Å²) >= 11 is 6.34. The van der Waals surface area contributed by atoms with Crippen LogP contribution in [0.3, 0.4) is 0 Å². The molecule has 45 heavy (non-hydrogen) atoms. The van der Waals surface area contributed by atoms with E-state index < -0.39 is 27.0 Å². The molecule has 4 rings (SSSR count). The van der Waals surface area contributed by atoms with Crippen LogP contribution < -0.4 is 26.4 Å². The highest BCUT2D eigenvalue weighted by Gasteiger charge is 2.26. The minimum absolute atomic E-state index is 0.0658. The highest BCUT2D eigenvalue weighted by Crippen LogP contribution is 2.32. The summed E-state index contributed by atoms with van der Waals surface area (Å²) < 4.78 is 32.2. The number of ether oxygens (including phenoxy) is 1. The van der Waals surface area contributed by atoms with Gasteiger partial charge in [0.2, 0.25) is 5.91 Å². The predicted octanol–water partition coefficient (Wildman–Crippen LogP) is 5.61. The number of carbonyl (C=O) groups is 2. The van der Waals surface area contributed by atoms with E-state index in [9.17, 15) is 18.0 Å². The van der Waals surface area contributed by atoms with Crippen molar-refractivity contribution in [2.75, 3.05) is 37.1 Å². The number of nitrogen functional groups attached to an aromatic ring is 1. The molecule has 3 aromatic carbocycles. The summed E-state index contributed by atoms with van der Waals surface area (Å²) in [6.07, 6.45) is 1.61. The molecule has 0 spiro atoms. The van der Waals surface area contributed by atoms with Crippen LogP contribution in [0.2, 0.25) is 5.02 Å². The predicted molar refractivity (Wildman–Crippen MR) is 178 cm³/mol. The van der Waals surface area contributed by atoms with Gasteiger partial charge in [0.25, 0.3) is 0 Å². The first-order chi connectivity index (χ1) is 21.3. The number of amides is 3. The van der Waals surface area contributed by atoms with Crippen LogP contribution in [0.5, 0.6) is 5.75 Å². The fraction of sp³-hybridized carbons (Fsp3) is 0.281. The van der Waals surface area contributed by atoms with Gasteiger partial charge in [-0.3, -0.25) is 4.79 Å². The van der Waals surface area contributed by atoms with Gasteiger partial charge in [-0.1, -0.05) is 17.7 Å². The Kier molecular flexibility index (Phi) is 10.4. The number of nitrogens with two attached hydrogens (primary N) is 1. The number of nitrogens with one attached hydrogen (secondary N) is 3. The van der Waals surface area contributed by atoms with Crippen LogP contribution in [0, 0.1) is 0 Å². The van der Waals surface area contributed by atoms with Crippen LogP contribution in [0.15, 0.2) is 71.8 Å². The van der Waals surface area contributed by atoms with Crippen LogP contribution in [0.25, 0.3) is 10.8 Å². The lowest BCUT2D eigenvalue weighted by Crippen LogP contribution is -2.34. The van der Waals surface area contributed by atoms with Crippen LogP contribution >= 0.6 is 11.6 Å². The molecule has 0 saturated heterocycles. The van der Waals surface area contributed by atoms with Crippen LogP contribution in [0.4, 0.5) is 22.0 Å². The second-order valence-corrected chi connectivity index (χ2v) is 13.7. The minimum atomic E-state index is -3.72. The molecular formula is C32H37ClN6O5S. The van der Waals surface area contributed by atoms with Crippen LogP contribution in [0.1, 0.15) is 37.9 Å². The van der Waals surface area contributed by atoms with Gasteiger partial charge in [0.1, 0.15) is 17.6 Å². The molecule has 0 fully saturated rings. The first kappa shape index (κ1) is 33.3. The fourth-order valence-electron chi connectivity index (χ4n) is 4.57. The number of hydrogen-bond donors (Lipinski definition) is 4. The molecule has 0 aliphatic heterocycles. The maximum Gasteiger partial charge on any atom is 0.321 e. The van der Waals surface area contributed by atoms with Crippen molar-refractivity contribution in [2.45, 2.75) is 43.5 Å². The highest BCUT2D eigenvalue weighted by atomic mass is 35.5. The number of sulfone groups is 1. The van der Waals surface area contributed by atoms with E-state index in [-0.39, 0.29) is 17.5 Å². The standard InChI is InChI=1S/C32H37ClN6O5S/c1-6-44-27-17-21(7-11-26(27)33)29(37-23-8-10-25-20(15-23)13-14-35-30(25)34)31(40)36-18-22-16-24(38-32(41)39(4)5)9-12-28(22)45(42,43)19(2)3/h7-17,19,29,37H,6,18H2,1-5H3,(H2,34,35)(H,36,40)(H,38,41). The van der Waals surface area contributed by atoms with Gasteiger partial charge in [0.15, 0.2) is 9.84 Å². The van der Waals surface area contributed by atoms with Gasteiger partial charge < -0.3 is 31.3 Å². The monoisotopic (exact) mass is 652 g/mol. The normalized spacial score (nSPS) is 12.1. The molecule has 0 aliphatic carbocycles. The van der Waals surface area contributed by atoms with Gasteiger partial charge in [0, 0.05) is 43.6 Å². The molecule has 0 saturated carbocycles. The molecule has 4 aromatic rings. The number of aromatic nitrogens is 1. The SMILES string of the molecule is CCOc1cc(C(Nc2ccc3c(N)nccc3c2)C(=O)NCc2cc(NC(=O)N(C)C)ccc2S(=O)(=O)C(C)C)ccc1Cl. The van der Waals surface area contributed by atoms with E-state index >= 15 is 0 Å². The van der Waals surface area contributed by atoms with E-state index in [1.807, 2.05) is 25.1 Å². The topological polar surface area (TPSA) is 156 Å². The molecule has 13 heteroatoms. The fourth-order valence-corrected chi connectivity index (χ4v) is 6.00. The summed E-state index contributed by atoms with van der Waals surface area (Å²) in [5.41, 5.74) is 7.94. The van der Waals surface area contributed by atoms with Crippen LogP contribution in [-0.4, -0.2) is 56.2 Å². The summed E-state index contributed by atoms with van der Waals surface area (Å²) in [5, 5.41) is 10.2. The van der Waals surface area contributed by atoms with Crippen molar-refractivity contribution in [1.29, 1.82) is 0 Å². The summed E-state index contributed by atoms with van der Waals surface area (Å²) in [4.78, 5) is 31.8. The molecule has 3 amide bonds. The van der Waals surface area contributed by atoms with Crippen molar-refractivity contribution in [3.8, 4) is 5.75 Å². The number of fused-ring (bicyclic) bond motifs is 1. The molecule has 238 valence electrons. The zero-order valence-corrected chi connectivity index (χ0v) is 27.3. The first-order valence-corrected chi connectivity index (χ1v) is 16.2. The zero-order valence-electron chi connectivity index (χ0n) is 25.7. The lowest BCUT2D eigenvalue weighted by Gasteiger charge is -2.22. The second kappa shape index (κ2) is 14.0. The number of carbonyl (C=O) groups excluding carboxylic acids is 2. The molecule has 0 aliphatic rings. The number of anilines is 3. The Morgan fingerprint density at radius 3 is 2.44 bits per heavy atom. The smallest absolute Gasteiger partial charge is 0.321 e. The third-order valence-electron chi connectivity index (χ3n) is 7.06. The number of halogens is 1. The van der Waals surface area contributed by atoms with Crippen molar-refractivity contribution in [3.05, 3.63) is 83.0 Å². The maximum atomic E-state index is 13.9. The highest BCUT2D eigenvalue weighted by molar-refractivity contribution is 7.92. The van der Waals surface area contributed by atoms with Crippen LogP contribution in [-0.2, 0) is 21.2 Å². The van der Waals surface area contributed by atoms with E-state index in [4.69, 9.17) is 22.1 Å². The number of urea groups is 1. The van der Waals surface area contributed by atoms with Crippen molar-refractivity contribution >= 4 is 61.3 Å². The maximum absolute atomic E-state index is 13.9. The lowest BCUT2D eigenvalue weighted by molar-refractivity contribution is -0.122. The average molecular weight is 653 g/mol. The van der Waals surface area contributed by atoms with Gasteiger partial charge in [-0.25, -0.2) is 18.2 Å². The van der Waals surface area contributed by atoms with E-state index in [1.165, 1.54) is 17.0 Å². The average Bonchev–Trinajstić information content (AvgIpc) is 3.00. The van der Waals surface area contributed by atoms with Crippen molar-refractivity contribution < 1.29 is 22.7 Å². The Hall–Kier alpha value is -4.55. The molecular weight excluding hydrogens is 616 g/mol. The number of benzene rings is 3. The Bertz CT molecular complexity index is 1830. The number of nitrogens with zero attached hydrogens (tertiary/aromatic N) is 2.